The Morgan fingerprint density at radius 2 is 2.20 bits per heavy atom. The van der Waals surface area contributed by atoms with Crippen LogP contribution in [0.5, 0.6) is 5.75 Å². The first-order valence-corrected chi connectivity index (χ1v) is 7.26. The second kappa shape index (κ2) is 6.66. The molecule has 0 aromatic heterocycles. The lowest BCUT2D eigenvalue weighted by Crippen LogP contribution is -2.47. The molecule has 0 spiro atoms. The van der Waals surface area contributed by atoms with Crippen molar-refractivity contribution in [2.24, 2.45) is 5.92 Å². The largest absolute Gasteiger partial charge is 0.484 e. The van der Waals surface area contributed by atoms with Gasteiger partial charge in [0.05, 0.1) is 16.1 Å². The van der Waals surface area contributed by atoms with E-state index in [-0.39, 0.29) is 18.4 Å². The molecule has 0 aliphatic carbocycles. The predicted octanol–water partition coefficient (Wildman–Crippen LogP) is 2.60. The Balaban J connectivity index is 1.87. The number of hydrogen-bond acceptors (Lipinski definition) is 3. The fourth-order valence-corrected chi connectivity index (χ4v) is 2.37. The lowest BCUT2D eigenvalue weighted by atomic mass is 9.96. The van der Waals surface area contributed by atoms with E-state index in [1.54, 1.807) is 23.1 Å². The van der Waals surface area contributed by atoms with Crippen molar-refractivity contribution >= 4 is 29.1 Å². The quantitative estimate of drug-likeness (QED) is 0.932. The van der Waals surface area contributed by atoms with Gasteiger partial charge in [0.25, 0.3) is 5.91 Å². The lowest BCUT2D eigenvalue weighted by Gasteiger charge is -2.34. The Hall–Kier alpha value is -0.970. The average Bonchev–Trinajstić information content (AvgIpc) is 2.43. The van der Waals surface area contributed by atoms with Crippen LogP contribution in [0.2, 0.25) is 10.0 Å². The molecule has 6 heteroatoms. The lowest BCUT2D eigenvalue weighted by molar-refractivity contribution is -0.137. The van der Waals surface area contributed by atoms with Crippen molar-refractivity contribution in [3.63, 3.8) is 0 Å². The zero-order chi connectivity index (χ0) is 14.7. The molecule has 0 bridgehead atoms. The number of amides is 1. The number of rotatable bonds is 3. The van der Waals surface area contributed by atoms with Crippen LogP contribution in [0.25, 0.3) is 0 Å². The van der Waals surface area contributed by atoms with Crippen LogP contribution in [0, 0.1) is 5.92 Å². The van der Waals surface area contributed by atoms with Gasteiger partial charge in [-0.05, 0) is 24.5 Å². The molecule has 1 aromatic carbocycles. The third-order valence-electron chi connectivity index (χ3n) is 3.52. The summed E-state index contributed by atoms with van der Waals surface area (Å²) in [4.78, 5) is 13.6. The molecular formula is C14H17Cl2NO3. The standard InChI is InChI=1S/C14H17Cl2NO3/c1-9-4-5-17(7-13(9)18)14(19)8-20-10-2-3-11(15)12(16)6-10/h2-3,6,9,13,18H,4-5,7-8H2,1H3. The van der Waals surface area contributed by atoms with Crippen molar-refractivity contribution in [2.45, 2.75) is 19.4 Å². The second-order valence-corrected chi connectivity index (χ2v) is 5.85. The van der Waals surface area contributed by atoms with E-state index < -0.39 is 6.10 Å². The van der Waals surface area contributed by atoms with Gasteiger partial charge in [0, 0.05) is 19.2 Å². The van der Waals surface area contributed by atoms with Gasteiger partial charge in [-0.15, -0.1) is 0 Å². The summed E-state index contributed by atoms with van der Waals surface area (Å²) in [5, 5.41) is 10.6. The highest BCUT2D eigenvalue weighted by molar-refractivity contribution is 6.42. The number of nitrogens with zero attached hydrogens (tertiary/aromatic N) is 1. The number of carbonyl (C=O) groups excluding carboxylic acids is 1. The topological polar surface area (TPSA) is 49.8 Å². The number of aliphatic hydroxyl groups is 1. The molecule has 2 atom stereocenters. The molecule has 2 rings (SSSR count). The third kappa shape index (κ3) is 3.78. The highest BCUT2D eigenvalue weighted by Crippen LogP contribution is 2.26. The third-order valence-corrected chi connectivity index (χ3v) is 4.26. The summed E-state index contributed by atoms with van der Waals surface area (Å²) in [7, 11) is 0. The van der Waals surface area contributed by atoms with Gasteiger partial charge in [-0.3, -0.25) is 4.79 Å². The predicted molar refractivity (Wildman–Crippen MR) is 78.3 cm³/mol. The molecule has 4 nitrogen and oxygen atoms in total. The van der Waals surface area contributed by atoms with Crippen molar-refractivity contribution in [3.05, 3.63) is 28.2 Å². The molecule has 1 heterocycles. The summed E-state index contributed by atoms with van der Waals surface area (Å²) in [6, 6.07) is 4.86. The van der Waals surface area contributed by atoms with Crippen LogP contribution in [0.4, 0.5) is 0 Å². The van der Waals surface area contributed by atoms with Gasteiger partial charge in [0.2, 0.25) is 0 Å². The number of carbonyl (C=O) groups is 1. The second-order valence-electron chi connectivity index (χ2n) is 5.04. The van der Waals surface area contributed by atoms with Crippen molar-refractivity contribution in [2.75, 3.05) is 19.7 Å². The van der Waals surface area contributed by atoms with Gasteiger partial charge in [0.1, 0.15) is 5.75 Å². The van der Waals surface area contributed by atoms with Gasteiger partial charge < -0.3 is 14.7 Å². The summed E-state index contributed by atoms with van der Waals surface area (Å²) in [5.41, 5.74) is 0. The number of halogens is 2. The summed E-state index contributed by atoms with van der Waals surface area (Å²) in [5.74, 6) is 0.593. The number of likely N-dealkylation sites (tertiary alicyclic amines) is 1. The minimum Gasteiger partial charge on any atom is -0.484 e. The maximum Gasteiger partial charge on any atom is 0.260 e. The Morgan fingerprint density at radius 3 is 2.85 bits per heavy atom. The first-order chi connectivity index (χ1) is 9.47. The maximum absolute atomic E-state index is 12.0. The molecule has 1 aromatic rings. The first-order valence-electron chi connectivity index (χ1n) is 6.51. The monoisotopic (exact) mass is 317 g/mol. The normalized spacial score (nSPS) is 22.7. The number of hydrogen-bond donors (Lipinski definition) is 1. The Bertz CT molecular complexity index is 495. The molecule has 0 radical (unpaired) electrons. The van der Waals surface area contributed by atoms with Crippen molar-refractivity contribution in [1.82, 2.24) is 4.90 Å². The van der Waals surface area contributed by atoms with E-state index in [1.807, 2.05) is 6.92 Å². The molecule has 1 aliphatic rings. The van der Waals surface area contributed by atoms with Crippen molar-refractivity contribution in [3.8, 4) is 5.75 Å². The smallest absolute Gasteiger partial charge is 0.260 e. The molecule has 1 N–H and O–H groups in total. The highest BCUT2D eigenvalue weighted by Gasteiger charge is 2.27. The fraction of sp³-hybridized carbons (Fsp3) is 0.500. The van der Waals surface area contributed by atoms with Crippen molar-refractivity contribution in [1.29, 1.82) is 0 Å². The van der Waals surface area contributed by atoms with Crippen LogP contribution in [-0.2, 0) is 4.79 Å². The summed E-state index contributed by atoms with van der Waals surface area (Å²) in [6.45, 7) is 2.93. The van der Waals surface area contributed by atoms with Crippen LogP contribution in [0.3, 0.4) is 0 Å². The van der Waals surface area contributed by atoms with Gasteiger partial charge >= 0.3 is 0 Å². The summed E-state index contributed by atoms with van der Waals surface area (Å²) >= 11 is 11.7. The minimum absolute atomic E-state index is 0.0704. The van der Waals surface area contributed by atoms with Gasteiger partial charge in [-0.2, -0.15) is 0 Å². The van der Waals surface area contributed by atoms with Gasteiger partial charge in [-0.25, -0.2) is 0 Å². The van der Waals surface area contributed by atoms with E-state index >= 15 is 0 Å². The number of aliphatic hydroxyl groups excluding tert-OH is 1. The maximum atomic E-state index is 12.0. The molecule has 2 unspecified atom stereocenters. The molecule has 1 aliphatic heterocycles. The molecule has 110 valence electrons. The fourth-order valence-electron chi connectivity index (χ4n) is 2.08. The van der Waals surface area contributed by atoms with Crippen LogP contribution in [0.1, 0.15) is 13.3 Å². The zero-order valence-corrected chi connectivity index (χ0v) is 12.7. The number of benzene rings is 1. The molecule has 1 amide bonds. The number of piperidine rings is 1. The van der Waals surface area contributed by atoms with E-state index in [0.29, 0.717) is 28.9 Å². The first kappa shape index (κ1) is 15.4. The highest BCUT2D eigenvalue weighted by atomic mass is 35.5. The average molecular weight is 318 g/mol. The Kier molecular flexibility index (Phi) is 5.13. The van der Waals surface area contributed by atoms with Crippen LogP contribution >= 0.6 is 23.2 Å². The SMILES string of the molecule is CC1CCN(C(=O)COc2ccc(Cl)c(Cl)c2)CC1O. The van der Waals surface area contributed by atoms with Crippen molar-refractivity contribution < 1.29 is 14.6 Å². The molecule has 0 saturated carbocycles. The van der Waals surface area contributed by atoms with Crippen LogP contribution in [-0.4, -0.2) is 41.7 Å². The van der Waals surface area contributed by atoms with Crippen LogP contribution < -0.4 is 4.74 Å². The summed E-state index contributed by atoms with van der Waals surface area (Å²) in [6.07, 6.45) is 0.345. The molecular weight excluding hydrogens is 301 g/mol. The van der Waals surface area contributed by atoms with E-state index in [9.17, 15) is 9.90 Å². The Morgan fingerprint density at radius 1 is 1.45 bits per heavy atom. The van der Waals surface area contributed by atoms with Gasteiger partial charge in [0.15, 0.2) is 6.61 Å². The Labute approximate surface area is 128 Å². The van der Waals surface area contributed by atoms with E-state index in [2.05, 4.69) is 0 Å². The zero-order valence-electron chi connectivity index (χ0n) is 11.2. The molecule has 20 heavy (non-hydrogen) atoms. The van der Waals surface area contributed by atoms with E-state index in [1.165, 1.54) is 0 Å². The van der Waals surface area contributed by atoms with E-state index in [4.69, 9.17) is 27.9 Å². The summed E-state index contributed by atoms with van der Waals surface area (Å²) < 4.78 is 5.40. The number of ether oxygens (including phenoxy) is 1. The van der Waals surface area contributed by atoms with Crippen LogP contribution in [0.15, 0.2) is 18.2 Å². The molecule has 1 fully saturated rings. The molecule has 1 saturated heterocycles. The minimum atomic E-state index is -0.460. The van der Waals surface area contributed by atoms with E-state index in [0.717, 1.165) is 6.42 Å². The van der Waals surface area contributed by atoms with Gasteiger partial charge in [-0.1, -0.05) is 30.1 Å². The number of β-amino-alcohol motifs (C(OH)–C–C–N with tert-alkyl or cyclic N) is 1.